The Labute approximate surface area is 124 Å². The minimum Gasteiger partial charge on any atom is -0.369 e. The Morgan fingerprint density at radius 3 is 2.29 bits per heavy atom. The summed E-state index contributed by atoms with van der Waals surface area (Å²) in [6, 6.07) is 4.09. The Hall–Kier alpha value is -1.58. The standard InChI is InChI=1S/C17H22N4/c1-10-2-3-14-15(19-10)21(16(18)20-14)17-7-11-4-12(8-17)6-13(5-11)9-17/h2-3,11-13H,4-9H2,1H3,(H2,18,20). The van der Waals surface area contributed by atoms with Crippen molar-refractivity contribution in [2.24, 2.45) is 17.8 Å². The molecule has 4 fully saturated rings. The number of anilines is 1. The van der Waals surface area contributed by atoms with Crippen molar-refractivity contribution in [3.8, 4) is 0 Å². The van der Waals surface area contributed by atoms with Crippen molar-refractivity contribution in [1.29, 1.82) is 0 Å². The molecule has 0 unspecified atom stereocenters. The van der Waals surface area contributed by atoms with Crippen molar-refractivity contribution in [2.75, 3.05) is 5.73 Å². The summed E-state index contributed by atoms with van der Waals surface area (Å²) < 4.78 is 2.32. The van der Waals surface area contributed by atoms with Crippen LogP contribution in [-0.4, -0.2) is 14.5 Å². The fourth-order valence-electron chi connectivity index (χ4n) is 5.88. The smallest absolute Gasteiger partial charge is 0.202 e. The van der Waals surface area contributed by atoms with E-state index in [-0.39, 0.29) is 5.54 Å². The van der Waals surface area contributed by atoms with Crippen molar-refractivity contribution in [2.45, 2.75) is 51.0 Å². The SMILES string of the molecule is Cc1ccc2nc(N)n(C34CC5CC(CC(C5)C3)C4)c2n1. The molecule has 0 saturated heterocycles. The number of hydrogen-bond donors (Lipinski definition) is 1. The monoisotopic (exact) mass is 282 g/mol. The van der Waals surface area contributed by atoms with Crippen molar-refractivity contribution < 1.29 is 0 Å². The molecule has 4 aliphatic carbocycles. The van der Waals surface area contributed by atoms with Crippen LogP contribution in [0.3, 0.4) is 0 Å². The Bertz CT molecular complexity index is 694. The Morgan fingerprint density at radius 2 is 1.67 bits per heavy atom. The van der Waals surface area contributed by atoms with E-state index >= 15 is 0 Å². The zero-order valence-electron chi connectivity index (χ0n) is 12.5. The van der Waals surface area contributed by atoms with Gasteiger partial charge in [0.25, 0.3) is 0 Å². The highest BCUT2D eigenvalue weighted by molar-refractivity contribution is 5.75. The van der Waals surface area contributed by atoms with Crippen molar-refractivity contribution in [3.05, 3.63) is 17.8 Å². The fourth-order valence-corrected chi connectivity index (χ4v) is 5.88. The van der Waals surface area contributed by atoms with E-state index in [9.17, 15) is 0 Å². The van der Waals surface area contributed by atoms with Gasteiger partial charge in [-0.25, -0.2) is 9.97 Å². The number of nitrogen functional groups attached to an aromatic ring is 1. The number of nitrogens with zero attached hydrogens (tertiary/aromatic N) is 3. The second-order valence-electron chi connectivity index (χ2n) is 7.74. The molecule has 2 heterocycles. The largest absolute Gasteiger partial charge is 0.369 e. The van der Waals surface area contributed by atoms with E-state index in [0.29, 0.717) is 5.95 Å². The number of aromatic nitrogens is 3. The molecule has 0 aromatic carbocycles. The number of hydrogen-bond acceptors (Lipinski definition) is 3. The molecule has 4 bridgehead atoms. The minimum atomic E-state index is 0.203. The van der Waals surface area contributed by atoms with E-state index in [1.807, 2.05) is 13.0 Å². The second-order valence-corrected chi connectivity index (χ2v) is 7.74. The van der Waals surface area contributed by atoms with E-state index in [4.69, 9.17) is 10.7 Å². The average molecular weight is 282 g/mol. The first kappa shape index (κ1) is 12.0. The molecular formula is C17H22N4. The lowest BCUT2D eigenvalue weighted by atomic mass is 9.53. The summed E-state index contributed by atoms with van der Waals surface area (Å²) in [5, 5.41) is 0. The van der Waals surface area contributed by atoms with Gasteiger partial charge in [-0.3, -0.25) is 4.57 Å². The first-order valence-corrected chi connectivity index (χ1v) is 8.25. The van der Waals surface area contributed by atoms with Crippen LogP contribution >= 0.6 is 0 Å². The molecule has 4 heteroatoms. The van der Waals surface area contributed by atoms with E-state index in [0.717, 1.165) is 34.6 Å². The van der Waals surface area contributed by atoms with E-state index in [1.54, 1.807) is 0 Å². The van der Waals surface area contributed by atoms with Crippen LogP contribution in [0.1, 0.15) is 44.2 Å². The molecule has 2 aromatic heterocycles. The van der Waals surface area contributed by atoms with Gasteiger partial charge >= 0.3 is 0 Å². The lowest BCUT2D eigenvalue weighted by molar-refractivity contribution is -0.0401. The van der Waals surface area contributed by atoms with Crippen LogP contribution in [0.25, 0.3) is 11.2 Å². The molecular weight excluding hydrogens is 260 g/mol. The highest BCUT2D eigenvalue weighted by atomic mass is 15.2. The summed E-state index contributed by atoms with van der Waals surface area (Å²) in [5.74, 6) is 3.37. The molecule has 21 heavy (non-hydrogen) atoms. The van der Waals surface area contributed by atoms with Gasteiger partial charge in [-0.2, -0.15) is 0 Å². The quantitative estimate of drug-likeness (QED) is 0.873. The zero-order valence-corrected chi connectivity index (χ0v) is 12.5. The molecule has 6 rings (SSSR count). The van der Waals surface area contributed by atoms with E-state index < -0.39 is 0 Å². The molecule has 0 radical (unpaired) electrons. The average Bonchev–Trinajstić information content (AvgIpc) is 2.72. The zero-order chi connectivity index (χ0) is 14.2. The molecule has 4 saturated carbocycles. The molecule has 0 amide bonds. The van der Waals surface area contributed by atoms with Crippen molar-refractivity contribution in [1.82, 2.24) is 14.5 Å². The van der Waals surface area contributed by atoms with Crippen LogP contribution in [-0.2, 0) is 5.54 Å². The van der Waals surface area contributed by atoms with Gasteiger partial charge < -0.3 is 5.73 Å². The Kier molecular flexibility index (Phi) is 2.17. The topological polar surface area (TPSA) is 56.7 Å². The van der Waals surface area contributed by atoms with Gasteiger partial charge in [-0.1, -0.05) is 0 Å². The van der Waals surface area contributed by atoms with Gasteiger partial charge in [0.15, 0.2) is 5.65 Å². The van der Waals surface area contributed by atoms with Crippen LogP contribution in [0.2, 0.25) is 0 Å². The van der Waals surface area contributed by atoms with Gasteiger partial charge in [-0.05, 0) is 75.3 Å². The predicted octanol–water partition coefficient (Wildman–Crippen LogP) is 3.25. The third-order valence-corrected chi connectivity index (χ3v) is 6.15. The van der Waals surface area contributed by atoms with Gasteiger partial charge in [0.05, 0.1) is 5.54 Å². The molecule has 0 atom stereocenters. The van der Waals surface area contributed by atoms with Crippen LogP contribution in [0.4, 0.5) is 5.95 Å². The summed E-state index contributed by atoms with van der Waals surface area (Å²) in [5.41, 5.74) is 9.55. The third kappa shape index (κ3) is 1.56. The number of fused-ring (bicyclic) bond motifs is 1. The molecule has 110 valence electrons. The van der Waals surface area contributed by atoms with Gasteiger partial charge in [0.2, 0.25) is 5.95 Å². The highest BCUT2D eigenvalue weighted by Gasteiger charge is 2.53. The first-order valence-electron chi connectivity index (χ1n) is 8.25. The number of rotatable bonds is 1. The Balaban J connectivity index is 1.73. The lowest BCUT2D eigenvalue weighted by Crippen LogP contribution is -2.52. The van der Waals surface area contributed by atoms with Crippen molar-refractivity contribution in [3.63, 3.8) is 0 Å². The summed E-state index contributed by atoms with van der Waals surface area (Å²) in [6.07, 6.45) is 8.17. The number of imidazole rings is 1. The van der Waals surface area contributed by atoms with Gasteiger partial charge in [0.1, 0.15) is 5.52 Å². The molecule has 2 N–H and O–H groups in total. The normalized spacial score (nSPS) is 37.5. The molecule has 4 nitrogen and oxygen atoms in total. The lowest BCUT2D eigenvalue weighted by Gasteiger charge is -2.57. The maximum absolute atomic E-state index is 6.34. The van der Waals surface area contributed by atoms with E-state index in [2.05, 4.69) is 15.6 Å². The van der Waals surface area contributed by atoms with Gasteiger partial charge in [0, 0.05) is 5.69 Å². The highest BCUT2D eigenvalue weighted by Crippen LogP contribution is 2.59. The predicted molar refractivity (Wildman–Crippen MR) is 82.8 cm³/mol. The Morgan fingerprint density at radius 1 is 1.05 bits per heavy atom. The second kappa shape index (κ2) is 3.79. The van der Waals surface area contributed by atoms with Gasteiger partial charge in [-0.15, -0.1) is 0 Å². The summed E-state index contributed by atoms with van der Waals surface area (Å²) >= 11 is 0. The van der Waals surface area contributed by atoms with E-state index in [1.165, 1.54) is 38.5 Å². The first-order chi connectivity index (χ1) is 10.1. The third-order valence-electron chi connectivity index (χ3n) is 6.15. The summed E-state index contributed by atoms with van der Waals surface area (Å²) in [7, 11) is 0. The maximum Gasteiger partial charge on any atom is 0.202 e. The molecule has 2 aromatic rings. The number of nitrogens with two attached hydrogens (primary N) is 1. The number of aryl methyl sites for hydroxylation is 1. The fraction of sp³-hybridized carbons (Fsp3) is 0.647. The molecule has 0 aliphatic heterocycles. The van der Waals surface area contributed by atoms with Crippen LogP contribution in [0, 0.1) is 24.7 Å². The summed E-state index contributed by atoms with van der Waals surface area (Å²) in [6.45, 7) is 2.05. The number of pyridine rings is 1. The van der Waals surface area contributed by atoms with Crippen LogP contribution < -0.4 is 5.73 Å². The van der Waals surface area contributed by atoms with Crippen molar-refractivity contribution >= 4 is 17.1 Å². The molecule has 0 spiro atoms. The molecule has 4 aliphatic rings. The minimum absolute atomic E-state index is 0.203. The maximum atomic E-state index is 6.34. The van der Waals surface area contributed by atoms with Crippen LogP contribution in [0.15, 0.2) is 12.1 Å². The van der Waals surface area contributed by atoms with Crippen LogP contribution in [0.5, 0.6) is 0 Å². The summed E-state index contributed by atoms with van der Waals surface area (Å²) in [4.78, 5) is 9.36.